The molecule has 0 aliphatic carbocycles. The van der Waals surface area contributed by atoms with E-state index in [-0.39, 0.29) is 23.6 Å². The van der Waals surface area contributed by atoms with Crippen LogP contribution in [-0.2, 0) is 9.57 Å². The molecule has 0 aliphatic heterocycles. The molecule has 0 saturated heterocycles. The SMILES string of the molecule is COCCONC(=O)c1cc([N+](=O)[O-])ccc1OC. The van der Waals surface area contributed by atoms with Gasteiger partial charge in [0, 0.05) is 19.2 Å². The number of ether oxygens (including phenoxy) is 2. The predicted octanol–water partition coefficient (Wildman–Crippen LogP) is 0.911. The van der Waals surface area contributed by atoms with Crippen molar-refractivity contribution in [1.82, 2.24) is 5.48 Å². The zero-order valence-corrected chi connectivity index (χ0v) is 10.5. The van der Waals surface area contributed by atoms with E-state index in [1.54, 1.807) is 0 Å². The van der Waals surface area contributed by atoms with Gasteiger partial charge in [0.15, 0.2) is 0 Å². The lowest BCUT2D eigenvalue weighted by molar-refractivity contribution is -0.384. The summed E-state index contributed by atoms with van der Waals surface area (Å²) in [5.41, 5.74) is 1.97. The number of hydroxylamine groups is 1. The maximum Gasteiger partial charge on any atom is 0.278 e. The summed E-state index contributed by atoms with van der Waals surface area (Å²) < 4.78 is 9.70. The summed E-state index contributed by atoms with van der Waals surface area (Å²) in [6.45, 7) is 0.478. The summed E-state index contributed by atoms with van der Waals surface area (Å²) in [5.74, 6) is -0.407. The number of nitrogens with zero attached hydrogens (tertiary/aromatic N) is 1. The highest BCUT2D eigenvalue weighted by Gasteiger charge is 2.17. The standard InChI is InChI=1S/C11H14N2O6/c1-17-5-6-19-12-11(14)9-7-8(13(15)16)3-4-10(9)18-2/h3-4,7H,5-6H2,1-2H3,(H,12,14). The van der Waals surface area contributed by atoms with Crippen LogP contribution in [0.25, 0.3) is 0 Å². The second-order valence-corrected chi connectivity index (χ2v) is 3.41. The average molecular weight is 270 g/mol. The van der Waals surface area contributed by atoms with E-state index in [4.69, 9.17) is 14.3 Å². The van der Waals surface area contributed by atoms with Crippen LogP contribution in [0.3, 0.4) is 0 Å². The molecule has 0 aliphatic rings. The van der Waals surface area contributed by atoms with Crippen LogP contribution in [0.1, 0.15) is 10.4 Å². The Bertz CT molecular complexity index is 462. The number of nitrogens with one attached hydrogen (secondary N) is 1. The van der Waals surface area contributed by atoms with Crippen molar-refractivity contribution in [2.24, 2.45) is 0 Å². The van der Waals surface area contributed by atoms with Crippen molar-refractivity contribution in [3.8, 4) is 5.75 Å². The van der Waals surface area contributed by atoms with Gasteiger partial charge in [-0.05, 0) is 6.07 Å². The van der Waals surface area contributed by atoms with E-state index in [1.165, 1.54) is 26.4 Å². The average Bonchev–Trinajstić information content (AvgIpc) is 2.42. The van der Waals surface area contributed by atoms with E-state index in [2.05, 4.69) is 5.48 Å². The topological polar surface area (TPSA) is 99.9 Å². The van der Waals surface area contributed by atoms with Crippen molar-refractivity contribution in [1.29, 1.82) is 0 Å². The largest absolute Gasteiger partial charge is 0.496 e. The Morgan fingerprint density at radius 1 is 1.37 bits per heavy atom. The van der Waals surface area contributed by atoms with Crippen LogP contribution in [0.5, 0.6) is 5.75 Å². The minimum Gasteiger partial charge on any atom is -0.496 e. The first-order chi connectivity index (χ1) is 9.10. The summed E-state index contributed by atoms with van der Waals surface area (Å²) in [4.78, 5) is 26.7. The van der Waals surface area contributed by atoms with Gasteiger partial charge in [0.2, 0.25) is 0 Å². The zero-order valence-electron chi connectivity index (χ0n) is 10.5. The molecular formula is C11H14N2O6. The van der Waals surface area contributed by atoms with E-state index >= 15 is 0 Å². The van der Waals surface area contributed by atoms with Gasteiger partial charge >= 0.3 is 0 Å². The number of carbonyl (C=O) groups is 1. The number of nitro groups is 1. The summed E-state index contributed by atoms with van der Waals surface area (Å²) in [6, 6.07) is 3.72. The molecule has 104 valence electrons. The predicted molar refractivity (Wildman–Crippen MR) is 64.9 cm³/mol. The fourth-order valence-electron chi connectivity index (χ4n) is 1.28. The molecule has 0 spiro atoms. The molecule has 1 rings (SSSR count). The number of nitro benzene ring substituents is 1. The molecule has 0 radical (unpaired) electrons. The number of rotatable bonds is 7. The number of methoxy groups -OCH3 is 2. The first-order valence-corrected chi connectivity index (χ1v) is 5.33. The Hall–Kier alpha value is -2.19. The number of non-ortho nitro benzene ring substituents is 1. The third-order valence-electron chi connectivity index (χ3n) is 2.19. The van der Waals surface area contributed by atoms with Crippen molar-refractivity contribution in [2.75, 3.05) is 27.4 Å². The van der Waals surface area contributed by atoms with Gasteiger partial charge in [-0.1, -0.05) is 0 Å². The van der Waals surface area contributed by atoms with Crippen LogP contribution in [0, 0.1) is 10.1 Å². The normalized spacial score (nSPS) is 10.0. The maximum atomic E-state index is 11.8. The highest BCUT2D eigenvalue weighted by molar-refractivity contribution is 5.96. The lowest BCUT2D eigenvalue weighted by Crippen LogP contribution is -2.25. The number of amides is 1. The molecule has 1 amide bonds. The Kier molecular flexibility index (Phi) is 5.71. The second kappa shape index (κ2) is 7.29. The molecule has 0 saturated carbocycles. The highest BCUT2D eigenvalue weighted by Crippen LogP contribution is 2.23. The molecule has 0 bridgehead atoms. The van der Waals surface area contributed by atoms with Gasteiger partial charge < -0.3 is 9.47 Å². The first kappa shape index (κ1) is 14.9. The summed E-state index contributed by atoms with van der Waals surface area (Å²) in [5, 5.41) is 10.7. The second-order valence-electron chi connectivity index (χ2n) is 3.41. The van der Waals surface area contributed by atoms with Crippen LogP contribution in [-0.4, -0.2) is 38.3 Å². The summed E-state index contributed by atoms with van der Waals surface area (Å²) in [6.07, 6.45) is 0. The molecule has 1 aromatic carbocycles. The lowest BCUT2D eigenvalue weighted by Gasteiger charge is -2.09. The third kappa shape index (κ3) is 4.19. The molecule has 0 heterocycles. The fourth-order valence-corrected chi connectivity index (χ4v) is 1.28. The van der Waals surface area contributed by atoms with Gasteiger partial charge in [-0.2, -0.15) is 0 Å². The lowest BCUT2D eigenvalue weighted by atomic mass is 10.1. The van der Waals surface area contributed by atoms with Crippen LogP contribution < -0.4 is 10.2 Å². The Balaban J connectivity index is 2.81. The van der Waals surface area contributed by atoms with Gasteiger partial charge in [-0.15, -0.1) is 0 Å². The number of hydrogen-bond acceptors (Lipinski definition) is 6. The fraction of sp³-hybridized carbons (Fsp3) is 0.364. The molecule has 0 aromatic heterocycles. The maximum absolute atomic E-state index is 11.8. The molecule has 8 nitrogen and oxygen atoms in total. The van der Waals surface area contributed by atoms with E-state index in [0.717, 1.165) is 6.07 Å². The van der Waals surface area contributed by atoms with Crippen molar-refractivity contribution < 1.29 is 24.0 Å². The van der Waals surface area contributed by atoms with Crippen LogP contribution in [0.15, 0.2) is 18.2 Å². The van der Waals surface area contributed by atoms with Crippen LogP contribution in [0.4, 0.5) is 5.69 Å². The smallest absolute Gasteiger partial charge is 0.278 e. The van der Waals surface area contributed by atoms with E-state index < -0.39 is 10.8 Å². The highest BCUT2D eigenvalue weighted by atomic mass is 16.7. The van der Waals surface area contributed by atoms with E-state index in [0.29, 0.717) is 6.61 Å². The van der Waals surface area contributed by atoms with Crippen molar-refractivity contribution in [3.63, 3.8) is 0 Å². The molecule has 1 aromatic rings. The summed E-state index contributed by atoms with van der Waals surface area (Å²) >= 11 is 0. The van der Waals surface area contributed by atoms with Gasteiger partial charge in [-0.25, -0.2) is 5.48 Å². The molecule has 1 N–H and O–H groups in total. The molecular weight excluding hydrogens is 256 g/mol. The number of hydrogen-bond donors (Lipinski definition) is 1. The van der Waals surface area contributed by atoms with E-state index in [9.17, 15) is 14.9 Å². The van der Waals surface area contributed by atoms with Gasteiger partial charge in [0.05, 0.1) is 30.8 Å². The molecule has 0 atom stereocenters. The van der Waals surface area contributed by atoms with Crippen LogP contribution in [0.2, 0.25) is 0 Å². The van der Waals surface area contributed by atoms with Crippen molar-refractivity contribution >= 4 is 11.6 Å². The van der Waals surface area contributed by atoms with Crippen molar-refractivity contribution in [3.05, 3.63) is 33.9 Å². The Morgan fingerprint density at radius 2 is 2.11 bits per heavy atom. The zero-order chi connectivity index (χ0) is 14.3. The molecule has 8 heteroatoms. The van der Waals surface area contributed by atoms with Gasteiger partial charge in [-0.3, -0.25) is 19.7 Å². The first-order valence-electron chi connectivity index (χ1n) is 5.33. The van der Waals surface area contributed by atoms with Crippen LogP contribution >= 0.6 is 0 Å². The Labute approximate surface area is 109 Å². The number of benzene rings is 1. The molecule has 19 heavy (non-hydrogen) atoms. The monoisotopic (exact) mass is 270 g/mol. The minimum absolute atomic E-state index is 0.0223. The van der Waals surface area contributed by atoms with Gasteiger partial charge in [0.25, 0.3) is 11.6 Å². The molecule has 0 unspecified atom stereocenters. The van der Waals surface area contributed by atoms with Crippen molar-refractivity contribution in [2.45, 2.75) is 0 Å². The molecule has 0 fully saturated rings. The summed E-state index contributed by atoms with van der Waals surface area (Å²) in [7, 11) is 2.86. The Morgan fingerprint density at radius 3 is 2.68 bits per heavy atom. The quantitative estimate of drug-likeness (QED) is 0.449. The van der Waals surface area contributed by atoms with Gasteiger partial charge in [0.1, 0.15) is 5.75 Å². The third-order valence-corrected chi connectivity index (χ3v) is 2.19. The number of carbonyl (C=O) groups excluding carboxylic acids is 1. The minimum atomic E-state index is -0.628. The van der Waals surface area contributed by atoms with E-state index in [1.807, 2.05) is 0 Å².